The summed E-state index contributed by atoms with van der Waals surface area (Å²) >= 11 is 5.40. The zero-order valence-electron chi connectivity index (χ0n) is 17.2. The fourth-order valence-corrected chi connectivity index (χ4v) is 4.03. The van der Waals surface area contributed by atoms with Crippen LogP contribution in [0.4, 0.5) is 11.4 Å². The predicted molar refractivity (Wildman–Crippen MR) is 134 cm³/mol. The molecule has 2 aromatic heterocycles. The maximum Gasteiger partial charge on any atom is 0.261 e. The average Bonchev–Trinajstić information content (AvgIpc) is 3.23. The van der Waals surface area contributed by atoms with Gasteiger partial charge in [0.05, 0.1) is 17.2 Å². The van der Waals surface area contributed by atoms with E-state index in [-0.39, 0.29) is 5.56 Å². The second kappa shape index (κ2) is 8.64. The number of aromatic amines is 1. The molecule has 0 spiro atoms. The highest BCUT2D eigenvalue weighted by atomic mass is 32.1. The average molecular weight is 440 g/mol. The predicted octanol–water partition coefficient (Wildman–Crippen LogP) is 4.93. The van der Waals surface area contributed by atoms with E-state index in [1.807, 2.05) is 66.9 Å². The first-order valence-electron chi connectivity index (χ1n) is 10.3. The number of thiocarbonyl (C=S) groups is 1. The number of nitrogens with one attached hydrogen (secondary N) is 3. The Morgan fingerprint density at radius 2 is 1.72 bits per heavy atom. The Morgan fingerprint density at radius 1 is 0.938 bits per heavy atom. The lowest BCUT2D eigenvalue weighted by Crippen LogP contribution is -2.22. The molecule has 5 rings (SSSR count). The molecule has 3 aromatic carbocycles. The van der Waals surface area contributed by atoms with Crippen molar-refractivity contribution >= 4 is 50.5 Å². The summed E-state index contributed by atoms with van der Waals surface area (Å²) in [7, 11) is 0. The van der Waals surface area contributed by atoms with E-state index in [1.54, 1.807) is 17.0 Å². The zero-order valence-corrected chi connectivity index (χ0v) is 18.0. The monoisotopic (exact) mass is 439 g/mol. The van der Waals surface area contributed by atoms with Crippen LogP contribution in [0, 0.1) is 0 Å². The smallest absolute Gasteiger partial charge is 0.261 e. The van der Waals surface area contributed by atoms with Gasteiger partial charge in [0.25, 0.3) is 5.56 Å². The van der Waals surface area contributed by atoms with Crippen molar-refractivity contribution in [3.8, 4) is 0 Å². The van der Waals surface area contributed by atoms with Crippen LogP contribution >= 0.6 is 12.2 Å². The lowest BCUT2D eigenvalue weighted by molar-refractivity contribution is 0.664. The first-order chi connectivity index (χ1) is 15.7. The summed E-state index contributed by atoms with van der Waals surface area (Å²) in [5.74, 6) is 0. The summed E-state index contributed by atoms with van der Waals surface area (Å²) < 4.78 is 1.66. The van der Waals surface area contributed by atoms with Crippen molar-refractivity contribution in [2.24, 2.45) is 0 Å². The lowest BCUT2D eigenvalue weighted by atomic mass is 10.1. The molecule has 0 amide bonds. The molecule has 0 unspecified atom stereocenters. The number of H-pyrrole nitrogens is 1. The Labute approximate surface area is 189 Å². The van der Waals surface area contributed by atoms with Gasteiger partial charge in [0.15, 0.2) is 5.11 Å². The van der Waals surface area contributed by atoms with E-state index in [0.29, 0.717) is 22.6 Å². The number of fused-ring (bicyclic) bond motifs is 2. The number of hydrogen-bond acceptors (Lipinski definition) is 3. The molecule has 3 N–H and O–H groups in total. The van der Waals surface area contributed by atoms with Gasteiger partial charge >= 0.3 is 0 Å². The van der Waals surface area contributed by atoms with Crippen molar-refractivity contribution in [1.82, 2.24) is 14.5 Å². The fraction of sp³-hybridized carbons (Fsp3) is 0.0800. The van der Waals surface area contributed by atoms with Crippen LogP contribution in [0.25, 0.3) is 21.8 Å². The molecule has 0 fully saturated rings. The van der Waals surface area contributed by atoms with Crippen molar-refractivity contribution in [2.75, 3.05) is 10.6 Å². The van der Waals surface area contributed by atoms with Gasteiger partial charge in [-0.2, -0.15) is 0 Å². The van der Waals surface area contributed by atoms with E-state index in [0.717, 1.165) is 23.3 Å². The van der Waals surface area contributed by atoms with E-state index < -0.39 is 0 Å². The van der Waals surface area contributed by atoms with Gasteiger partial charge in [-0.25, -0.2) is 4.98 Å². The Morgan fingerprint density at radius 3 is 2.59 bits per heavy atom. The molecule has 158 valence electrons. The van der Waals surface area contributed by atoms with Gasteiger partial charge in [-0.05, 0) is 60.6 Å². The van der Waals surface area contributed by atoms with Crippen molar-refractivity contribution < 1.29 is 0 Å². The van der Waals surface area contributed by atoms with Gasteiger partial charge in [-0.1, -0.05) is 36.4 Å². The van der Waals surface area contributed by atoms with Gasteiger partial charge < -0.3 is 15.6 Å². The van der Waals surface area contributed by atoms with Crippen LogP contribution in [0.15, 0.2) is 90.1 Å². The molecule has 32 heavy (non-hydrogen) atoms. The number of aryl methyl sites for hydroxylation is 2. The summed E-state index contributed by atoms with van der Waals surface area (Å²) in [5.41, 5.74) is 4.50. The van der Waals surface area contributed by atoms with E-state index in [4.69, 9.17) is 12.2 Å². The van der Waals surface area contributed by atoms with Gasteiger partial charge in [-0.3, -0.25) is 9.36 Å². The van der Waals surface area contributed by atoms with Gasteiger partial charge in [0.1, 0.15) is 0 Å². The highest BCUT2D eigenvalue weighted by Crippen LogP contribution is 2.19. The highest BCUT2D eigenvalue weighted by Gasteiger charge is 2.08. The van der Waals surface area contributed by atoms with Crippen LogP contribution in [0.1, 0.15) is 5.56 Å². The minimum absolute atomic E-state index is 0.0690. The summed E-state index contributed by atoms with van der Waals surface area (Å²) in [6.45, 7) is 0.551. The number of rotatable bonds is 5. The molecule has 5 aromatic rings. The summed E-state index contributed by atoms with van der Waals surface area (Å²) in [6, 6.07) is 23.3. The third-order valence-electron chi connectivity index (χ3n) is 5.41. The third kappa shape index (κ3) is 4.10. The third-order valence-corrected chi connectivity index (χ3v) is 5.61. The maximum absolute atomic E-state index is 13.1. The van der Waals surface area contributed by atoms with Crippen molar-refractivity contribution in [2.45, 2.75) is 13.0 Å². The molecule has 6 nitrogen and oxygen atoms in total. The molecule has 0 aliphatic carbocycles. The lowest BCUT2D eigenvalue weighted by Gasteiger charge is -2.11. The van der Waals surface area contributed by atoms with Crippen LogP contribution in [0.3, 0.4) is 0 Å². The summed E-state index contributed by atoms with van der Waals surface area (Å²) in [4.78, 5) is 20.9. The van der Waals surface area contributed by atoms with E-state index in [9.17, 15) is 4.79 Å². The van der Waals surface area contributed by atoms with Gasteiger partial charge in [0, 0.05) is 35.0 Å². The quantitative estimate of drug-likeness (QED) is 0.339. The number of aromatic nitrogens is 3. The minimum atomic E-state index is -0.0690. The second-order valence-corrected chi connectivity index (χ2v) is 7.94. The Bertz CT molecular complexity index is 1470. The summed E-state index contributed by atoms with van der Waals surface area (Å²) in [6.07, 6.45) is 4.36. The molecule has 0 aliphatic heterocycles. The van der Waals surface area contributed by atoms with Gasteiger partial charge in [0.2, 0.25) is 0 Å². The highest BCUT2D eigenvalue weighted by molar-refractivity contribution is 7.80. The van der Waals surface area contributed by atoms with Crippen LogP contribution < -0.4 is 16.2 Å². The molecule has 0 saturated heterocycles. The van der Waals surface area contributed by atoms with E-state index >= 15 is 0 Å². The largest absolute Gasteiger partial charge is 0.361 e. The van der Waals surface area contributed by atoms with E-state index in [1.165, 1.54) is 10.9 Å². The van der Waals surface area contributed by atoms with Gasteiger partial charge in [-0.15, -0.1) is 0 Å². The second-order valence-electron chi connectivity index (χ2n) is 7.53. The molecular formula is C25H21N5OS. The van der Waals surface area contributed by atoms with E-state index in [2.05, 4.69) is 26.7 Å². The standard InChI is InChI=1S/C25H21N5OS/c31-24-21-14-19(29-25(32)28-18-6-2-1-3-7-18)10-11-23(21)27-16-30(24)13-12-17-15-26-22-9-5-4-8-20(17)22/h1-11,14-16,26H,12-13H2,(H2,28,29,32). The molecule has 0 aliphatic rings. The number of benzene rings is 3. The number of nitrogens with zero attached hydrogens (tertiary/aromatic N) is 2. The number of para-hydroxylation sites is 2. The van der Waals surface area contributed by atoms with Crippen molar-refractivity contribution in [3.05, 3.63) is 101 Å². The van der Waals surface area contributed by atoms with Crippen molar-refractivity contribution in [3.63, 3.8) is 0 Å². The molecule has 7 heteroatoms. The van der Waals surface area contributed by atoms with Crippen LogP contribution in [-0.4, -0.2) is 19.6 Å². The topological polar surface area (TPSA) is 74.7 Å². The first-order valence-corrected chi connectivity index (χ1v) is 10.8. The fourth-order valence-electron chi connectivity index (χ4n) is 3.79. The van der Waals surface area contributed by atoms with Crippen LogP contribution in [-0.2, 0) is 13.0 Å². The van der Waals surface area contributed by atoms with Crippen LogP contribution in [0.5, 0.6) is 0 Å². The molecule has 0 saturated carbocycles. The Kier molecular flexibility index (Phi) is 5.39. The SMILES string of the molecule is O=c1c2cc(NC(=S)Nc3ccccc3)ccc2ncn1CCc1c[nH]c2ccccc12. The molecule has 0 atom stereocenters. The number of hydrogen-bond donors (Lipinski definition) is 3. The molecular weight excluding hydrogens is 418 g/mol. The maximum atomic E-state index is 13.1. The number of anilines is 2. The molecule has 2 heterocycles. The molecule has 0 bridgehead atoms. The Hall–Kier alpha value is -3.97. The summed E-state index contributed by atoms with van der Waals surface area (Å²) in [5, 5.41) is 8.47. The first kappa shape index (κ1) is 20.0. The minimum Gasteiger partial charge on any atom is -0.361 e. The Balaban J connectivity index is 1.35. The molecule has 0 radical (unpaired) electrons. The zero-order chi connectivity index (χ0) is 21.9. The normalized spacial score (nSPS) is 11.0. The van der Waals surface area contributed by atoms with Crippen LogP contribution in [0.2, 0.25) is 0 Å². The van der Waals surface area contributed by atoms with Crippen molar-refractivity contribution in [1.29, 1.82) is 0 Å².